The summed E-state index contributed by atoms with van der Waals surface area (Å²) in [6, 6.07) is 26.8. The molecule has 180 valence electrons. The van der Waals surface area contributed by atoms with Crippen LogP contribution in [0.15, 0.2) is 102 Å². The number of hydrogen-bond acceptors (Lipinski definition) is 5. The number of nitro benzene ring substituents is 1. The van der Waals surface area contributed by atoms with Crippen LogP contribution in [0.3, 0.4) is 0 Å². The summed E-state index contributed by atoms with van der Waals surface area (Å²) in [5, 5.41) is 14.3. The second kappa shape index (κ2) is 9.27. The van der Waals surface area contributed by atoms with E-state index in [1.165, 1.54) is 35.9 Å². The number of nitro groups is 1. The van der Waals surface area contributed by atoms with Crippen LogP contribution < -0.4 is 9.62 Å². The summed E-state index contributed by atoms with van der Waals surface area (Å²) in [6.07, 6.45) is 0.815. The van der Waals surface area contributed by atoms with Crippen molar-refractivity contribution in [1.82, 2.24) is 0 Å². The third-order valence-electron chi connectivity index (χ3n) is 6.04. The minimum atomic E-state index is -4.44. The predicted octanol–water partition coefficient (Wildman–Crippen LogP) is 5.00. The first-order valence-electron chi connectivity index (χ1n) is 11.2. The van der Waals surface area contributed by atoms with Crippen molar-refractivity contribution in [1.29, 1.82) is 0 Å². The number of para-hydroxylation sites is 2. The van der Waals surface area contributed by atoms with E-state index in [1.54, 1.807) is 24.3 Å². The highest BCUT2D eigenvalue weighted by atomic mass is 32.2. The number of fused-ring (bicyclic) bond motifs is 3. The lowest BCUT2D eigenvalue weighted by molar-refractivity contribution is -0.387. The fourth-order valence-corrected chi connectivity index (χ4v) is 5.97. The summed E-state index contributed by atoms with van der Waals surface area (Å²) in [6.45, 7) is -0.563. The molecule has 9 heteroatoms. The maximum atomic E-state index is 13.6. The number of carbonyl (C=O) groups is 1. The van der Waals surface area contributed by atoms with Crippen molar-refractivity contribution in [3.05, 3.63) is 118 Å². The Kier molecular flexibility index (Phi) is 5.99. The number of nitrogens with zero attached hydrogens (tertiary/aromatic N) is 2. The molecule has 0 saturated carbocycles. The van der Waals surface area contributed by atoms with Gasteiger partial charge in [0.2, 0.25) is 5.91 Å². The maximum Gasteiger partial charge on any atom is 0.289 e. The highest BCUT2D eigenvalue weighted by molar-refractivity contribution is 7.93. The van der Waals surface area contributed by atoms with Gasteiger partial charge in [0, 0.05) is 11.8 Å². The van der Waals surface area contributed by atoms with E-state index in [0.29, 0.717) is 5.69 Å². The Bertz CT molecular complexity index is 1590. The van der Waals surface area contributed by atoms with Gasteiger partial charge in [0.05, 0.1) is 10.6 Å². The zero-order chi connectivity index (χ0) is 25.3. The van der Waals surface area contributed by atoms with Crippen LogP contribution in [0, 0.1) is 10.1 Å². The Morgan fingerprint density at radius 2 is 1.53 bits per heavy atom. The van der Waals surface area contributed by atoms with Crippen LogP contribution in [-0.2, 0) is 21.2 Å². The molecule has 1 amide bonds. The minimum absolute atomic E-state index is 0.216. The lowest BCUT2D eigenvalue weighted by atomic mass is 10.1. The number of benzene rings is 4. The first-order valence-corrected chi connectivity index (χ1v) is 12.6. The number of sulfonamides is 1. The molecule has 0 radical (unpaired) electrons. The number of hydrogen-bond donors (Lipinski definition) is 1. The normalized spacial score (nSPS) is 11.9. The van der Waals surface area contributed by atoms with Crippen molar-refractivity contribution in [2.75, 3.05) is 16.2 Å². The van der Waals surface area contributed by atoms with E-state index in [0.717, 1.165) is 33.5 Å². The molecule has 1 aliphatic rings. The van der Waals surface area contributed by atoms with Gasteiger partial charge in [-0.2, -0.15) is 0 Å². The molecule has 0 aliphatic heterocycles. The standard InChI is InChI=1S/C27H21N3O5S/c31-27(28-21-15-14-20-16-19-8-4-5-11-23(19)24(20)17-21)18-29(22-9-2-1-3-10-22)36(34,35)26-13-7-6-12-25(26)30(32)33/h1-15,17H,16,18H2,(H,28,31). The van der Waals surface area contributed by atoms with Gasteiger partial charge in [0.1, 0.15) is 6.54 Å². The molecular formula is C27H21N3O5S. The van der Waals surface area contributed by atoms with Gasteiger partial charge >= 0.3 is 0 Å². The monoisotopic (exact) mass is 499 g/mol. The number of carbonyl (C=O) groups excluding carboxylic acids is 1. The van der Waals surface area contributed by atoms with Gasteiger partial charge < -0.3 is 5.32 Å². The van der Waals surface area contributed by atoms with Crippen molar-refractivity contribution < 1.29 is 18.1 Å². The van der Waals surface area contributed by atoms with Crippen molar-refractivity contribution in [2.45, 2.75) is 11.3 Å². The summed E-state index contributed by atoms with van der Waals surface area (Å²) < 4.78 is 28.0. The van der Waals surface area contributed by atoms with Crippen molar-refractivity contribution in [3.63, 3.8) is 0 Å². The fourth-order valence-electron chi connectivity index (χ4n) is 4.39. The molecule has 0 heterocycles. The van der Waals surface area contributed by atoms with Gasteiger partial charge in [-0.15, -0.1) is 0 Å². The van der Waals surface area contributed by atoms with Crippen LogP contribution >= 0.6 is 0 Å². The lowest BCUT2D eigenvalue weighted by Gasteiger charge is -2.24. The van der Waals surface area contributed by atoms with Crippen LogP contribution in [0.5, 0.6) is 0 Å². The fraction of sp³-hybridized carbons (Fsp3) is 0.0741. The smallest absolute Gasteiger partial charge is 0.289 e. The molecule has 36 heavy (non-hydrogen) atoms. The van der Waals surface area contributed by atoms with Crippen molar-refractivity contribution >= 4 is 33.0 Å². The third-order valence-corrected chi connectivity index (χ3v) is 7.86. The molecule has 1 N–H and O–H groups in total. The summed E-state index contributed by atoms with van der Waals surface area (Å²) in [7, 11) is -4.44. The lowest BCUT2D eigenvalue weighted by Crippen LogP contribution is -2.38. The minimum Gasteiger partial charge on any atom is -0.324 e. The number of amides is 1. The molecule has 5 rings (SSSR count). The summed E-state index contributed by atoms with van der Waals surface area (Å²) in [5.41, 5.74) is 4.68. The highest BCUT2D eigenvalue weighted by Gasteiger charge is 2.33. The Labute approximate surface area is 208 Å². The van der Waals surface area contributed by atoms with Gasteiger partial charge in [0.15, 0.2) is 4.90 Å². The van der Waals surface area contributed by atoms with E-state index in [2.05, 4.69) is 11.4 Å². The Morgan fingerprint density at radius 3 is 2.31 bits per heavy atom. The summed E-state index contributed by atoms with van der Waals surface area (Å²) in [4.78, 5) is 23.4. The molecule has 4 aromatic carbocycles. The zero-order valence-electron chi connectivity index (χ0n) is 19.0. The highest BCUT2D eigenvalue weighted by Crippen LogP contribution is 2.38. The third kappa shape index (κ3) is 4.32. The van der Waals surface area contributed by atoms with E-state index >= 15 is 0 Å². The molecule has 0 aromatic heterocycles. The molecule has 0 fully saturated rings. The Balaban J connectivity index is 1.46. The molecule has 0 saturated heterocycles. The van der Waals surface area contributed by atoms with E-state index < -0.39 is 38.0 Å². The summed E-state index contributed by atoms with van der Waals surface area (Å²) in [5.74, 6) is -0.577. The second-order valence-corrected chi connectivity index (χ2v) is 10.2. The molecule has 8 nitrogen and oxygen atoms in total. The maximum absolute atomic E-state index is 13.6. The van der Waals surface area contributed by atoms with Gasteiger partial charge in [-0.25, -0.2) is 8.42 Å². The molecule has 0 unspecified atom stereocenters. The average Bonchev–Trinajstić information content (AvgIpc) is 3.25. The molecule has 4 aromatic rings. The van der Waals surface area contributed by atoms with E-state index in [-0.39, 0.29) is 5.69 Å². The van der Waals surface area contributed by atoms with Crippen LogP contribution in [0.2, 0.25) is 0 Å². The first kappa shape index (κ1) is 23.3. The predicted molar refractivity (Wildman–Crippen MR) is 137 cm³/mol. The van der Waals surface area contributed by atoms with Crippen LogP contribution in [0.1, 0.15) is 11.1 Å². The zero-order valence-corrected chi connectivity index (χ0v) is 19.8. The molecule has 0 atom stereocenters. The van der Waals surface area contributed by atoms with Crippen LogP contribution in [0.4, 0.5) is 17.1 Å². The number of nitrogens with one attached hydrogen (secondary N) is 1. The molecule has 0 bridgehead atoms. The van der Waals surface area contributed by atoms with Crippen LogP contribution in [-0.4, -0.2) is 25.8 Å². The number of anilines is 2. The quantitative estimate of drug-likeness (QED) is 0.250. The molecule has 1 aliphatic carbocycles. The number of rotatable bonds is 7. The van der Waals surface area contributed by atoms with Crippen molar-refractivity contribution in [2.24, 2.45) is 0 Å². The largest absolute Gasteiger partial charge is 0.324 e. The van der Waals surface area contributed by atoms with Gasteiger partial charge in [-0.05, 0) is 59.0 Å². The Morgan fingerprint density at radius 1 is 0.861 bits per heavy atom. The average molecular weight is 500 g/mol. The molecular weight excluding hydrogens is 478 g/mol. The SMILES string of the molecule is O=C(CN(c1ccccc1)S(=O)(=O)c1ccccc1[N+](=O)[O-])Nc1ccc2c(c1)-c1ccccc1C2. The van der Waals surface area contributed by atoms with Crippen molar-refractivity contribution in [3.8, 4) is 11.1 Å². The van der Waals surface area contributed by atoms with E-state index in [4.69, 9.17) is 0 Å². The Hall–Kier alpha value is -4.50. The van der Waals surface area contributed by atoms with Gasteiger partial charge in [-0.3, -0.25) is 19.2 Å². The molecule has 0 spiro atoms. The first-order chi connectivity index (χ1) is 17.3. The van der Waals surface area contributed by atoms with Gasteiger partial charge in [-0.1, -0.05) is 60.7 Å². The van der Waals surface area contributed by atoms with Crippen LogP contribution in [0.25, 0.3) is 11.1 Å². The second-order valence-electron chi connectivity index (χ2n) is 8.33. The van der Waals surface area contributed by atoms with E-state index in [9.17, 15) is 23.3 Å². The summed E-state index contributed by atoms with van der Waals surface area (Å²) >= 11 is 0. The topological polar surface area (TPSA) is 110 Å². The van der Waals surface area contributed by atoms with E-state index in [1.807, 2.05) is 30.3 Å². The van der Waals surface area contributed by atoms with Gasteiger partial charge in [0.25, 0.3) is 15.7 Å².